The van der Waals surface area contributed by atoms with E-state index in [4.69, 9.17) is 6.42 Å². The molecule has 1 aromatic heterocycles. The summed E-state index contributed by atoms with van der Waals surface area (Å²) in [5.41, 5.74) is 4.35. The van der Waals surface area contributed by atoms with Gasteiger partial charge in [0.25, 0.3) is 0 Å². The highest BCUT2D eigenvalue weighted by molar-refractivity contribution is 6.00. The van der Waals surface area contributed by atoms with Crippen LogP contribution in [0.2, 0.25) is 0 Å². The Labute approximate surface area is 168 Å². The third kappa shape index (κ3) is 6.21. The van der Waals surface area contributed by atoms with Gasteiger partial charge in [0.15, 0.2) is 0 Å². The van der Waals surface area contributed by atoms with Gasteiger partial charge in [0.05, 0.1) is 12.1 Å². The van der Waals surface area contributed by atoms with Crippen LogP contribution in [0.15, 0.2) is 29.5 Å². The standard InChI is InChI=1S/C21H24N4O4/c1-3-5-7-16(20(27)28)14-9-10-18-17(11-14)15(12-22-18)13-23-25-21(29)24-19(26)8-6-4-2/h1,9-13,16,22H,4-8H2,2H3,(H,27,28)(H2,24,25,26,29)/b23-13+. The summed E-state index contributed by atoms with van der Waals surface area (Å²) in [7, 11) is 0. The molecule has 8 nitrogen and oxygen atoms in total. The molecular formula is C21H24N4O4. The number of hydrogen-bond donors (Lipinski definition) is 4. The predicted octanol–water partition coefficient (Wildman–Crippen LogP) is 3.10. The number of urea groups is 1. The number of imide groups is 1. The number of rotatable bonds is 9. The van der Waals surface area contributed by atoms with Gasteiger partial charge in [-0.05, 0) is 30.5 Å². The number of aliphatic carboxylic acids is 1. The number of H-pyrrole nitrogens is 1. The first kappa shape index (κ1) is 21.7. The molecule has 1 heterocycles. The molecule has 8 heteroatoms. The molecule has 0 spiro atoms. The second kappa shape index (κ2) is 10.7. The molecule has 1 unspecified atom stereocenters. The Hall–Kier alpha value is -3.60. The summed E-state index contributed by atoms with van der Waals surface area (Å²) in [6.07, 6.45) is 10.9. The molecule has 0 aliphatic rings. The Morgan fingerprint density at radius 2 is 2.17 bits per heavy atom. The SMILES string of the molecule is C#CCCC(C(=O)O)c1ccc2[nH]cc(/C=N/NC(=O)NC(=O)CCCC)c2c1. The highest BCUT2D eigenvalue weighted by Gasteiger charge is 2.20. The van der Waals surface area contributed by atoms with Crippen LogP contribution >= 0.6 is 0 Å². The Morgan fingerprint density at radius 3 is 2.86 bits per heavy atom. The van der Waals surface area contributed by atoms with E-state index in [1.165, 1.54) is 6.21 Å². The third-order valence-corrected chi connectivity index (χ3v) is 4.40. The maximum absolute atomic E-state index is 11.7. The number of hydrogen-bond acceptors (Lipinski definition) is 4. The van der Waals surface area contributed by atoms with Crippen molar-refractivity contribution in [1.82, 2.24) is 15.7 Å². The van der Waals surface area contributed by atoms with Crippen molar-refractivity contribution in [3.63, 3.8) is 0 Å². The quantitative estimate of drug-likeness (QED) is 0.295. The first-order chi connectivity index (χ1) is 14.0. The van der Waals surface area contributed by atoms with Gasteiger partial charge in [-0.25, -0.2) is 10.2 Å². The molecule has 0 bridgehead atoms. The maximum Gasteiger partial charge on any atom is 0.341 e. The van der Waals surface area contributed by atoms with Gasteiger partial charge in [0, 0.05) is 35.5 Å². The molecule has 0 aliphatic heterocycles. The Morgan fingerprint density at radius 1 is 1.38 bits per heavy atom. The minimum absolute atomic E-state index is 0.281. The molecule has 0 saturated heterocycles. The normalized spacial score (nSPS) is 11.9. The van der Waals surface area contributed by atoms with Crippen molar-refractivity contribution in [3.05, 3.63) is 35.5 Å². The third-order valence-electron chi connectivity index (χ3n) is 4.40. The number of carbonyl (C=O) groups excluding carboxylic acids is 2. The number of carboxylic acid groups (broad SMARTS) is 1. The summed E-state index contributed by atoms with van der Waals surface area (Å²) in [4.78, 5) is 37.9. The van der Waals surface area contributed by atoms with Crippen molar-refractivity contribution < 1.29 is 19.5 Å². The van der Waals surface area contributed by atoms with Crippen LogP contribution in [0.5, 0.6) is 0 Å². The number of carboxylic acids is 1. The van der Waals surface area contributed by atoms with E-state index in [0.29, 0.717) is 30.4 Å². The van der Waals surface area contributed by atoms with E-state index in [2.05, 4.69) is 26.7 Å². The number of nitrogens with zero attached hydrogens (tertiary/aromatic N) is 1. The van der Waals surface area contributed by atoms with Gasteiger partial charge >= 0.3 is 12.0 Å². The highest BCUT2D eigenvalue weighted by atomic mass is 16.4. The lowest BCUT2D eigenvalue weighted by Gasteiger charge is -2.11. The summed E-state index contributed by atoms with van der Waals surface area (Å²) in [5.74, 6) is 0.476. The number of amides is 3. The molecule has 0 radical (unpaired) electrons. The second-order valence-corrected chi connectivity index (χ2v) is 6.53. The minimum atomic E-state index is -0.934. The highest BCUT2D eigenvalue weighted by Crippen LogP contribution is 2.26. The summed E-state index contributed by atoms with van der Waals surface area (Å²) < 4.78 is 0. The lowest BCUT2D eigenvalue weighted by atomic mass is 9.93. The van der Waals surface area contributed by atoms with Gasteiger partial charge in [-0.1, -0.05) is 19.4 Å². The summed E-state index contributed by atoms with van der Waals surface area (Å²) in [6, 6.07) is 4.61. The van der Waals surface area contributed by atoms with E-state index in [9.17, 15) is 19.5 Å². The van der Waals surface area contributed by atoms with Crippen LogP contribution < -0.4 is 10.7 Å². The van der Waals surface area contributed by atoms with Crippen molar-refractivity contribution in [2.24, 2.45) is 5.10 Å². The molecule has 29 heavy (non-hydrogen) atoms. The van der Waals surface area contributed by atoms with E-state index in [1.54, 1.807) is 24.4 Å². The Kier molecular flexibility index (Phi) is 7.98. The zero-order valence-electron chi connectivity index (χ0n) is 16.2. The number of benzene rings is 1. The first-order valence-electron chi connectivity index (χ1n) is 9.36. The van der Waals surface area contributed by atoms with E-state index in [0.717, 1.165) is 17.3 Å². The Balaban J connectivity index is 2.10. The van der Waals surface area contributed by atoms with Crippen molar-refractivity contribution >= 4 is 35.0 Å². The number of carbonyl (C=O) groups is 3. The maximum atomic E-state index is 11.7. The summed E-state index contributed by atoms with van der Waals surface area (Å²) in [5, 5.41) is 16.3. The van der Waals surface area contributed by atoms with Gasteiger partial charge in [-0.2, -0.15) is 5.10 Å². The number of hydrazone groups is 1. The number of nitrogens with one attached hydrogen (secondary N) is 3. The molecule has 1 aromatic carbocycles. The topological polar surface area (TPSA) is 124 Å². The zero-order valence-corrected chi connectivity index (χ0v) is 16.2. The number of aromatic amines is 1. The summed E-state index contributed by atoms with van der Waals surface area (Å²) in [6.45, 7) is 1.96. The molecule has 2 rings (SSSR count). The average molecular weight is 396 g/mol. The lowest BCUT2D eigenvalue weighted by Crippen LogP contribution is -2.36. The molecule has 3 amide bonds. The average Bonchev–Trinajstić information content (AvgIpc) is 3.09. The largest absolute Gasteiger partial charge is 0.481 e. The molecule has 0 aliphatic carbocycles. The van der Waals surface area contributed by atoms with Crippen molar-refractivity contribution in [2.45, 2.75) is 44.9 Å². The minimum Gasteiger partial charge on any atom is -0.481 e. The van der Waals surface area contributed by atoms with E-state index in [1.807, 2.05) is 6.92 Å². The summed E-state index contributed by atoms with van der Waals surface area (Å²) >= 11 is 0. The molecule has 0 saturated carbocycles. The van der Waals surface area contributed by atoms with Crippen molar-refractivity contribution in [1.29, 1.82) is 0 Å². The van der Waals surface area contributed by atoms with Gasteiger partial charge in [-0.15, -0.1) is 12.3 Å². The van der Waals surface area contributed by atoms with Crippen LogP contribution in [0.3, 0.4) is 0 Å². The van der Waals surface area contributed by atoms with Crippen LogP contribution in [0.4, 0.5) is 4.79 Å². The number of terminal acetylenes is 1. The predicted molar refractivity (Wildman–Crippen MR) is 111 cm³/mol. The van der Waals surface area contributed by atoms with E-state index >= 15 is 0 Å². The molecule has 2 aromatic rings. The lowest BCUT2D eigenvalue weighted by molar-refractivity contribution is -0.139. The fourth-order valence-corrected chi connectivity index (χ4v) is 2.86. The van der Waals surface area contributed by atoms with Gasteiger partial charge < -0.3 is 10.1 Å². The van der Waals surface area contributed by atoms with Gasteiger partial charge in [0.1, 0.15) is 0 Å². The fourth-order valence-electron chi connectivity index (χ4n) is 2.86. The van der Waals surface area contributed by atoms with Gasteiger partial charge in [-0.3, -0.25) is 14.9 Å². The molecule has 4 N–H and O–H groups in total. The van der Waals surface area contributed by atoms with E-state index < -0.39 is 17.9 Å². The molecule has 0 fully saturated rings. The van der Waals surface area contributed by atoms with Crippen molar-refractivity contribution in [3.8, 4) is 12.3 Å². The first-order valence-corrected chi connectivity index (χ1v) is 9.36. The molecular weight excluding hydrogens is 372 g/mol. The van der Waals surface area contributed by atoms with Gasteiger partial charge in [0.2, 0.25) is 5.91 Å². The Bertz CT molecular complexity index is 955. The van der Waals surface area contributed by atoms with Crippen LogP contribution in [0.25, 0.3) is 10.9 Å². The van der Waals surface area contributed by atoms with Crippen LogP contribution in [-0.2, 0) is 9.59 Å². The monoisotopic (exact) mass is 396 g/mol. The molecule has 152 valence electrons. The van der Waals surface area contributed by atoms with E-state index in [-0.39, 0.29) is 12.3 Å². The zero-order chi connectivity index (χ0) is 21.2. The number of unbranched alkanes of at least 4 members (excludes halogenated alkanes) is 1. The van der Waals surface area contributed by atoms with Crippen LogP contribution in [-0.4, -0.2) is 34.2 Å². The van der Waals surface area contributed by atoms with Crippen LogP contribution in [0.1, 0.15) is 56.1 Å². The molecule has 1 atom stereocenters. The van der Waals surface area contributed by atoms with Crippen LogP contribution in [0, 0.1) is 12.3 Å². The van der Waals surface area contributed by atoms with Crippen molar-refractivity contribution in [2.75, 3.05) is 0 Å². The number of aromatic nitrogens is 1. The second-order valence-electron chi connectivity index (χ2n) is 6.53. The fraction of sp³-hybridized carbons (Fsp3) is 0.333. The smallest absolute Gasteiger partial charge is 0.341 e. The number of fused-ring (bicyclic) bond motifs is 1.